The van der Waals surface area contributed by atoms with Crippen LogP contribution >= 0.6 is 43.2 Å². The van der Waals surface area contributed by atoms with Gasteiger partial charge in [-0.25, -0.2) is 0 Å². The summed E-state index contributed by atoms with van der Waals surface area (Å²) in [7, 11) is 0. The molecule has 1 heterocycles. The quantitative estimate of drug-likeness (QED) is 0.744. The fourth-order valence-corrected chi connectivity index (χ4v) is 4.52. The maximum absolute atomic E-state index is 12.2. The topological polar surface area (TPSA) is 41.1 Å². The van der Waals surface area contributed by atoms with Crippen LogP contribution in [0.5, 0.6) is 0 Å². The van der Waals surface area contributed by atoms with E-state index in [1.807, 2.05) is 30.3 Å². The highest BCUT2D eigenvalue weighted by Gasteiger charge is 2.13. The van der Waals surface area contributed by atoms with Gasteiger partial charge in [-0.05, 0) is 62.2 Å². The number of amides is 1. The number of anilines is 1. The van der Waals surface area contributed by atoms with E-state index < -0.39 is 0 Å². The summed E-state index contributed by atoms with van der Waals surface area (Å²) in [6, 6.07) is 9.67. The van der Waals surface area contributed by atoms with Gasteiger partial charge in [0.1, 0.15) is 0 Å². The van der Waals surface area contributed by atoms with Crippen molar-refractivity contribution in [2.45, 2.75) is 13.5 Å². The minimum Gasteiger partial charge on any atom is -0.322 e. The van der Waals surface area contributed by atoms with Crippen molar-refractivity contribution in [1.82, 2.24) is 5.32 Å². The minimum atomic E-state index is -0.112. The fourth-order valence-electron chi connectivity index (χ4n) is 1.72. The van der Waals surface area contributed by atoms with Gasteiger partial charge in [0.2, 0.25) is 0 Å². The second-order valence-corrected chi connectivity index (χ2v) is 7.92. The summed E-state index contributed by atoms with van der Waals surface area (Å²) in [5, 5.41) is 6.18. The Morgan fingerprint density at radius 2 is 2.10 bits per heavy atom. The van der Waals surface area contributed by atoms with Crippen molar-refractivity contribution in [2.24, 2.45) is 0 Å². The molecule has 0 atom stereocenters. The molecular formula is C14H14Br2N2OS. The molecular weight excluding hydrogens is 404 g/mol. The standard InChI is InChI=1S/C14H14Br2N2OS/c1-2-17-8-9-4-3-5-10(6-9)18-14(19)11-7-12(15)20-13(11)16/h3-7,17H,2,8H2,1H3,(H,18,19). The van der Waals surface area contributed by atoms with Crippen LogP contribution in [-0.2, 0) is 6.54 Å². The molecule has 0 spiro atoms. The molecule has 0 fully saturated rings. The van der Waals surface area contributed by atoms with E-state index in [2.05, 4.69) is 49.4 Å². The summed E-state index contributed by atoms with van der Waals surface area (Å²) in [6.07, 6.45) is 0. The number of benzene rings is 1. The average Bonchev–Trinajstić information content (AvgIpc) is 2.76. The summed E-state index contributed by atoms with van der Waals surface area (Å²) in [5.74, 6) is -0.112. The Balaban J connectivity index is 2.09. The van der Waals surface area contributed by atoms with E-state index in [1.165, 1.54) is 11.3 Å². The Morgan fingerprint density at radius 3 is 2.75 bits per heavy atom. The number of nitrogens with one attached hydrogen (secondary N) is 2. The smallest absolute Gasteiger partial charge is 0.257 e. The highest BCUT2D eigenvalue weighted by atomic mass is 79.9. The van der Waals surface area contributed by atoms with Crippen LogP contribution in [0.4, 0.5) is 5.69 Å². The zero-order valence-corrected chi connectivity index (χ0v) is 14.9. The van der Waals surface area contributed by atoms with E-state index in [0.29, 0.717) is 5.56 Å². The van der Waals surface area contributed by atoms with E-state index in [-0.39, 0.29) is 5.91 Å². The monoisotopic (exact) mass is 416 g/mol. The van der Waals surface area contributed by atoms with Crippen LogP contribution in [-0.4, -0.2) is 12.5 Å². The molecule has 6 heteroatoms. The number of carbonyl (C=O) groups excluding carboxylic acids is 1. The van der Waals surface area contributed by atoms with Crippen molar-refractivity contribution in [3.63, 3.8) is 0 Å². The lowest BCUT2D eigenvalue weighted by Crippen LogP contribution is -2.13. The van der Waals surface area contributed by atoms with Crippen molar-refractivity contribution in [3.05, 3.63) is 49.0 Å². The van der Waals surface area contributed by atoms with Gasteiger partial charge in [0.25, 0.3) is 5.91 Å². The third-order valence-electron chi connectivity index (χ3n) is 2.67. The van der Waals surface area contributed by atoms with Crippen LogP contribution in [0, 0.1) is 0 Å². The molecule has 2 aromatic rings. The Bertz CT molecular complexity index is 613. The normalized spacial score (nSPS) is 10.6. The molecule has 0 aliphatic carbocycles. The van der Waals surface area contributed by atoms with E-state index in [9.17, 15) is 4.79 Å². The summed E-state index contributed by atoms with van der Waals surface area (Å²) in [4.78, 5) is 12.2. The van der Waals surface area contributed by atoms with E-state index in [1.54, 1.807) is 0 Å². The predicted octanol–water partition coefficient (Wildman–Crippen LogP) is 4.63. The molecule has 0 unspecified atom stereocenters. The molecule has 3 nitrogen and oxygen atoms in total. The molecule has 0 bridgehead atoms. The van der Waals surface area contributed by atoms with Gasteiger partial charge in [0.05, 0.1) is 13.1 Å². The van der Waals surface area contributed by atoms with Gasteiger partial charge < -0.3 is 10.6 Å². The SMILES string of the molecule is CCNCc1cccc(NC(=O)c2cc(Br)sc2Br)c1. The summed E-state index contributed by atoms with van der Waals surface area (Å²) in [6.45, 7) is 3.79. The fraction of sp³-hybridized carbons (Fsp3) is 0.214. The molecule has 1 aromatic heterocycles. The largest absolute Gasteiger partial charge is 0.322 e. The van der Waals surface area contributed by atoms with Crippen molar-refractivity contribution in [3.8, 4) is 0 Å². The minimum absolute atomic E-state index is 0.112. The van der Waals surface area contributed by atoms with E-state index >= 15 is 0 Å². The van der Waals surface area contributed by atoms with Gasteiger partial charge in [-0.2, -0.15) is 0 Å². The molecule has 0 aliphatic heterocycles. The molecule has 1 aromatic carbocycles. The van der Waals surface area contributed by atoms with Crippen LogP contribution in [0.2, 0.25) is 0 Å². The second-order valence-electron chi connectivity index (χ2n) is 4.17. The average molecular weight is 418 g/mol. The van der Waals surface area contributed by atoms with Crippen molar-refractivity contribution in [2.75, 3.05) is 11.9 Å². The molecule has 0 saturated heterocycles. The van der Waals surface area contributed by atoms with Crippen LogP contribution in [0.3, 0.4) is 0 Å². The molecule has 0 radical (unpaired) electrons. The number of halogens is 2. The summed E-state index contributed by atoms with van der Waals surface area (Å²) in [5.41, 5.74) is 2.59. The lowest BCUT2D eigenvalue weighted by atomic mass is 10.2. The lowest BCUT2D eigenvalue weighted by molar-refractivity contribution is 0.102. The third kappa shape index (κ3) is 4.15. The Kier molecular flexibility index (Phi) is 5.77. The van der Waals surface area contributed by atoms with Crippen LogP contribution in [0.1, 0.15) is 22.8 Å². The summed E-state index contributed by atoms with van der Waals surface area (Å²) >= 11 is 8.26. The summed E-state index contributed by atoms with van der Waals surface area (Å²) < 4.78 is 1.75. The van der Waals surface area contributed by atoms with Gasteiger partial charge in [-0.15, -0.1) is 11.3 Å². The van der Waals surface area contributed by atoms with Gasteiger partial charge >= 0.3 is 0 Å². The Morgan fingerprint density at radius 1 is 1.30 bits per heavy atom. The lowest BCUT2D eigenvalue weighted by Gasteiger charge is -2.07. The number of hydrogen-bond donors (Lipinski definition) is 2. The van der Waals surface area contributed by atoms with E-state index in [4.69, 9.17) is 0 Å². The maximum atomic E-state index is 12.2. The zero-order chi connectivity index (χ0) is 14.5. The van der Waals surface area contributed by atoms with Crippen molar-refractivity contribution >= 4 is 54.8 Å². The Labute approximate surface area is 139 Å². The zero-order valence-electron chi connectivity index (χ0n) is 10.9. The van der Waals surface area contributed by atoms with E-state index in [0.717, 1.165) is 31.9 Å². The Hall–Kier alpha value is -0.690. The third-order valence-corrected chi connectivity index (χ3v) is 5.00. The molecule has 106 valence electrons. The highest BCUT2D eigenvalue weighted by Crippen LogP contribution is 2.32. The second kappa shape index (κ2) is 7.36. The molecule has 20 heavy (non-hydrogen) atoms. The first-order valence-electron chi connectivity index (χ1n) is 6.16. The number of hydrogen-bond acceptors (Lipinski definition) is 3. The number of thiophene rings is 1. The van der Waals surface area contributed by atoms with Crippen LogP contribution in [0.15, 0.2) is 37.9 Å². The highest BCUT2D eigenvalue weighted by molar-refractivity contribution is 9.12. The maximum Gasteiger partial charge on any atom is 0.257 e. The van der Waals surface area contributed by atoms with Crippen LogP contribution < -0.4 is 10.6 Å². The molecule has 1 amide bonds. The molecule has 2 rings (SSSR count). The van der Waals surface area contributed by atoms with Gasteiger partial charge in [0.15, 0.2) is 0 Å². The number of carbonyl (C=O) groups is 1. The van der Waals surface area contributed by atoms with Gasteiger partial charge in [-0.3, -0.25) is 4.79 Å². The molecule has 0 saturated carbocycles. The first-order chi connectivity index (χ1) is 9.60. The first-order valence-corrected chi connectivity index (χ1v) is 8.56. The first kappa shape index (κ1) is 15.7. The van der Waals surface area contributed by atoms with Gasteiger partial charge in [0, 0.05) is 12.2 Å². The van der Waals surface area contributed by atoms with Gasteiger partial charge in [-0.1, -0.05) is 19.1 Å². The molecule has 2 N–H and O–H groups in total. The molecule has 0 aliphatic rings. The number of rotatable bonds is 5. The van der Waals surface area contributed by atoms with Crippen molar-refractivity contribution < 1.29 is 4.79 Å². The van der Waals surface area contributed by atoms with Crippen LogP contribution in [0.25, 0.3) is 0 Å². The van der Waals surface area contributed by atoms with Crippen molar-refractivity contribution in [1.29, 1.82) is 0 Å². The predicted molar refractivity (Wildman–Crippen MR) is 91.5 cm³/mol.